The van der Waals surface area contributed by atoms with Crippen LogP contribution < -0.4 is 10.1 Å². The fourth-order valence-electron chi connectivity index (χ4n) is 2.66. The predicted molar refractivity (Wildman–Crippen MR) is 76.4 cm³/mol. The van der Waals surface area contributed by atoms with Gasteiger partial charge in [-0.15, -0.1) is 0 Å². The third-order valence-corrected chi connectivity index (χ3v) is 3.50. The number of fused-ring (bicyclic) bond motifs is 1. The molecule has 0 saturated heterocycles. The Morgan fingerprint density at radius 3 is 2.50 bits per heavy atom. The number of benzene rings is 1. The first kappa shape index (κ1) is 13.4. The molecule has 1 heterocycles. The highest BCUT2D eigenvalue weighted by molar-refractivity contribution is 5.52. The van der Waals surface area contributed by atoms with Crippen molar-refractivity contribution in [1.82, 2.24) is 5.32 Å². The summed E-state index contributed by atoms with van der Waals surface area (Å²) in [6.45, 7) is 14.0. The van der Waals surface area contributed by atoms with E-state index in [0.717, 1.165) is 12.4 Å². The molecule has 0 saturated carbocycles. The molecular weight excluding hydrogens is 222 g/mol. The van der Waals surface area contributed by atoms with E-state index in [1.165, 1.54) is 16.7 Å². The van der Waals surface area contributed by atoms with E-state index in [1.807, 2.05) is 0 Å². The summed E-state index contributed by atoms with van der Waals surface area (Å²) < 4.78 is 5.99. The molecule has 0 spiro atoms. The summed E-state index contributed by atoms with van der Waals surface area (Å²) in [4.78, 5) is 0. The first-order chi connectivity index (χ1) is 8.30. The van der Waals surface area contributed by atoms with Crippen LogP contribution in [0, 0.1) is 6.92 Å². The van der Waals surface area contributed by atoms with Crippen LogP contribution in [0.25, 0.3) is 0 Å². The minimum absolute atomic E-state index is 0.129. The maximum atomic E-state index is 5.99. The highest BCUT2D eigenvalue weighted by Crippen LogP contribution is 2.42. The minimum Gasteiger partial charge on any atom is -0.491 e. The van der Waals surface area contributed by atoms with Crippen LogP contribution in [0.15, 0.2) is 12.1 Å². The van der Waals surface area contributed by atoms with Crippen LogP contribution in [-0.2, 0) is 5.41 Å². The van der Waals surface area contributed by atoms with Crippen LogP contribution in [0.4, 0.5) is 0 Å². The van der Waals surface area contributed by atoms with E-state index in [2.05, 4.69) is 59.0 Å². The van der Waals surface area contributed by atoms with Crippen LogP contribution in [0.5, 0.6) is 5.75 Å². The second-order valence-corrected chi connectivity index (χ2v) is 6.61. The van der Waals surface area contributed by atoms with Crippen molar-refractivity contribution >= 4 is 0 Å². The van der Waals surface area contributed by atoms with E-state index < -0.39 is 0 Å². The monoisotopic (exact) mass is 247 g/mol. The van der Waals surface area contributed by atoms with Crippen LogP contribution in [-0.4, -0.2) is 12.6 Å². The summed E-state index contributed by atoms with van der Waals surface area (Å²) in [5.41, 5.74) is 4.13. The Morgan fingerprint density at radius 2 is 1.94 bits per heavy atom. The molecule has 0 aliphatic carbocycles. The molecule has 2 nitrogen and oxygen atoms in total. The second kappa shape index (κ2) is 4.58. The molecule has 18 heavy (non-hydrogen) atoms. The molecule has 1 unspecified atom stereocenters. The lowest BCUT2D eigenvalue weighted by atomic mass is 9.83. The lowest BCUT2D eigenvalue weighted by Gasteiger charge is -2.23. The average molecular weight is 247 g/mol. The maximum absolute atomic E-state index is 5.99. The fraction of sp³-hybridized carbons (Fsp3) is 0.625. The van der Waals surface area contributed by atoms with Gasteiger partial charge >= 0.3 is 0 Å². The molecule has 2 heteroatoms. The quantitative estimate of drug-likeness (QED) is 0.860. The number of ether oxygens (including phenoxy) is 1. The molecule has 0 bridgehead atoms. The maximum Gasteiger partial charge on any atom is 0.128 e. The molecule has 0 radical (unpaired) electrons. The van der Waals surface area contributed by atoms with Crippen molar-refractivity contribution in [3.63, 3.8) is 0 Å². The van der Waals surface area contributed by atoms with Crippen molar-refractivity contribution in [2.45, 2.75) is 59.0 Å². The smallest absolute Gasteiger partial charge is 0.128 e. The first-order valence-electron chi connectivity index (χ1n) is 6.83. The summed E-state index contributed by atoms with van der Waals surface area (Å²) >= 11 is 0. The highest BCUT2D eigenvalue weighted by atomic mass is 16.5. The Kier molecular flexibility index (Phi) is 3.41. The van der Waals surface area contributed by atoms with Gasteiger partial charge in [0.1, 0.15) is 12.4 Å². The normalized spacial score (nSPS) is 18.9. The molecule has 1 aromatic rings. The molecular formula is C16H25NO. The standard InChI is InChI=1S/C16H25NO/c1-10(2)17-13-9-18-15-12(16(4,5)6)8-7-11(3)14(13)15/h7-8,10,13,17H,9H2,1-6H3. The molecule has 0 amide bonds. The summed E-state index contributed by atoms with van der Waals surface area (Å²) in [5.74, 6) is 1.11. The van der Waals surface area contributed by atoms with E-state index in [-0.39, 0.29) is 5.41 Å². The molecule has 2 rings (SSSR count). The lowest BCUT2D eigenvalue weighted by molar-refractivity contribution is 0.298. The van der Waals surface area contributed by atoms with Gasteiger partial charge in [0.2, 0.25) is 0 Å². The van der Waals surface area contributed by atoms with Crippen molar-refractivity contribution in [1.29, 1.82) is 0 Å². The molecule has 1 aromatic carbocycles. The number of hydrogen-bond acceptors (Lipinski definition) is 2. The van der Waals surface area contributed by atoms with Crippen LogP contribution >= 0.6 is 0 Å². The Bertz CT molecular complexity index is 443. The topological polar surface area (TPSA) is 21.3 Å². The van der Waals surface area contributed by atoms with Crippen molar-refractivity contribution in [2.24, 2.45) is 0 Å². The fourth-order valence-corrected chi connectivity index (χ4v) is 2.66. The third-order valence-electron chi connectivity index (χ3n) is 3.50. The second-order valence-electron chi connectivity index (χ2n) is 6.61. The SMILES string of the molecule is Cc1ccc(C(C)(C)C)c2c1C(NC(C)C)CO2. The Balaban J connectivity index is 2.46. The molecule has 1 aliphatic heterocycles. The zero-order valence-electron chi connectivity index (χ0n) is 12.4. The number of hydrogen-bond donors (Lipinski definition) is 1. The molecule has 100 valence electrons. The largest absolute Gasteiger partial charge is 0.491 e. The van der Waals surface area contributed by atoms with Gasteiger partial charge in [0, 0.05) is 11.6 Å². The van der Waals surface area contributed by atoms with Gasteiger partial charge in [-0.25, -0.2) is 0 Å². The highest BCUT2D eigenvalue weighted by Gasteiger charge is 2.31. The molecule has 0 aromatic heterocycles. The number of rotatable bonds is 2. The molecule has 1 aliphatic rings. The van der Waals surface area contributed by atoms with Crippen LogP contribution in [0.1, 0.15) is 57.4 Å². The first-order valence-corrected chi connectivity index (χ1v) is 6.83. The third kappa shape index (κ3) is 2.39. The van der Waals surface area contributed by atoms with Crippen LogP contribution in [0.3, 0.4) is 0 Å². The Labute approximate surface area is 111 Å². The molecule has 1 N–H and O–H groups in total. The van der Waals surface area contributed by atoms with Gasteiger partial charge in [-0.2, -0.15) is 0 Å². The molecule has 1 atom stereocenters. The van der Waals surface area contributed by atoms with Gasteiger partial charge in [0.15, 0.2) is 0 Å². The van der Waals surface area contributed by atoms with Crippen molar-refractivity contribution in [3.05, 3.63) is 28.8 Å². The predicted octanol–water partition coefficient (Wildman–Crippen LogP) is 3.72. The van der Waals surface area contributed by atoms with E-state index in [1.54, 1.807) is 0 Å². The van der Waals surface area contributed by atoms with E-state index >= 15 is 0 Å². The van der Waals surface area contributed by atoms with Gasteiger partial charge in [0.05, 0.1) is 6.04 Å². The van der Waals surface area contributed by atoms with E-state index in [0.29, 0.717) is 12.1 Å². The van der Waals surface area contributed by atoms with Crippen molar-refractivity contribution in [2.75, 3.05) is 6.61 Å². The van der Waals surface area contributed by atoms with Gasteiger partial charge in [-0.1, -0.05) is 46.8 Å². The number of aryl methyl sites for hydroxylation is 1. The Morgan fingerprint density at radius 1 is 1.28 bits per heavy atom. The van der Waals surface area contributed by atoms with Crippen molar-refractivity contribution in [3.8, 4) is 5.75 Å². The summed E-state index contributed by atoms with van der Waals surface area (Å²) in [5, 5.41) is 3.59. The zero-order valence-corrected chi connectivity index (χ0v) is 12.4. The van der Waals surface area contributed by atoms with Gasteiger partial charge in [-0.05, 0) is 23.5 Å². The van der Waals surface area contributed by atoms with Gasteiger partial charge < -0.3 is 10.1 Å². The summed E-state index contributed by atoms with van der Waals surface area (Å²) in [6, 6.07) is 5.25. The Hall–Kier alpha value is -1.02. The van der Waals surface area contributed by atoms with Crippen LogP contribution in [0.2, 0.25) is 0 Å². The average Bonchev–Trinajstić information content (AvgIpc) is 2.60. The summed E-state index contributed by atoms with van der Waals surface area (Å²) in [6.07, 6.45) is 0. The van der Waals surface area contributed by atoms with Gasteiger partial charge in [-0.3, -0.25) is 0 Å². The lowest BCUT2D eigenvalue weighted by Crippen LogP contribution is -2.29. The van der Waals surface area contributed by atoms with E-state index in [4.69, 9.17) is 4.74 Å². The van der Waals surface area contributed by atoms with Gasteiger partial charge in [0.25, 0.3) is 0 Å². The minimum atomic E-state index is 0.129. The number of nitrogens with one attached hydrogen (secondary N) is 1. The van der Waals surface area contributed by atoms with Crippen molar-refractivity contribution < 1.29 is 4.74 Å². The molecule has 0 fully saturated rings. The summed E-state index contributed by atoms with van der Waals surface area (Å²) in [7, 11) is 0. The zero-order chi connectivity index (χ0) is 13.5. The van der Waals surface area contributed by atoms with E-state index in [9.17, 15) is 0 Å².